The highest BCUT2D eigenvalue weighted by Gasteiger charge is 2.17. The van der Waals surface area contributed by atoms with E-state index in [9.17, 15) is 4.39 Å². The summed E-state index contributed by atoms with van der Waals surface area (Å²) < 4.78 is 24.3. The minimum atomic E-state index is -0.270. The fourth-order valence-electron chi connectivity index (χ4n) is 2.45. The van der Waals surface area contributed by atoms with Gasteiger partial charge in [0.25, 0.3) is 0 Å². The van der Waals surface area contributed by atoms with Crippen LogP contribution in [0.15, 0.2) is 29.3 Å². The normalized spacial score (nSPS) is 19.7. The number of hydrogen-bond acceptors (Lipinski definition) is 4. The van der Waals surface area contributed by atoms with Crippen molar-refractivity contribution in [1.82, 2.24) is 15.5 Å². The van der Waals surface area contributed by atoms with Crippen LogP contribution in [0, 0.1) is 5.82 Å². The number of halogens is 2. The van der Waals surface area contributed by atoms with E-state index in [1.807, 2.05) is 6.92 Å². The Kier molecular flexibility index (Phi) is 10.1. The van der Waals surface area contributed by atoms with Crippen LogP contribution in [0.3, 0.4) is 0 Å². The molecular weight excluding hydrogens is 438 g/mol. The van der Waals surface area contributed by atoms with Crippen molar-refractivity contribution in [3.05, 3.63) is 30.1 Å². The fraction of sp³-hybridized carbons (Fsp3) is 0.588. The van der Waals surface area contributed by atoms with Crippen LogP contribution >= 0.6 is 24.0 Å². The molecule has 1 aromatic rings. The lowest BCUT2D eigenvalue weighted by Gasteiger charge is -2.30. The van der Waals surface area contributed by atoms with E-state index in [-0.39, 0.29) is 42.0 Å². The van der Waals surface area contributed by atoms with Crippen LogP contribution in [0.2, 0.25) is 0 Å². The highest BCUT2D eigenvalue weighted by atomic mass is 127. The molecule has 1 aliphatic heterocycles. The lowest BCUT2D eigenvalue weighted by Crippen LogP contribution is -2.49. The number of benzene rings is 1. The molecule has 2 rings (SSSR count). The second kappa shape index (κ2) is 11.5. The van der Waals surface area contributed by atoms with Crippen LogP contribution in [0.25, 0.3) is 0 Å². The second-order valence-electron chi connectivity index (χ2n) is 5.97. The standard InChI is InChI=1S/C17H27FN4O2.HI/c1-13(24-15-6-4-14(18)5-7-15)10-20-17(19-2)21-11-16-12-22(3)8-9-23-16;/h4-7,13,16H,8-12H2,1-3H3,(H2,19,20,21);1H. The Hall–Kier alpha value is -1.13. The number of morpholine rings is 1. The second-order valence-corrected chi connectivity index (χ2v) is 5.97. The predicted octanol–water partition coefficient (Wildman–Crippen LogP) is 1.71. The maximum atomic E-state index is 12.9. The summed E-state index contributed by atoms with van der Waals surface area (Å²) >= 11 is 0. The average Bonchev–Trinajstić information content (AvgIpc) is 2.57. The molecule has 1 saturated heterocycles. The zero-order chi connectivity index (χ0) is 17.4. The SMILES string of the molecule is CN=C(NCC(C)Oc1ccc(F)cc1)NCC1CN(C)CCO1.I. The number of nitrogens with one attached hydrogen (secondary N) is 2. The van der Waals surface area contributed by atoms with Crippen LogP contribution in [-0.4, -0.2) is 69.9 Å². The summed E-state index contributed by atoms with van der Waals surface area (Å²) in [5.41, 5.74) is 0. The molecule has 2 atom stereocenters. The molecule has 0 aromatic heterocycles. The largest absolute Gasteiger partial charge is 0.489 e. The molecule has 0 saturated carbocycles. The number of likely N-dealkylation sites (N-methyl/N-ethyl adjacent to an activating group) is 1. The van der Waals surface area contributed by atoms with Crippen molar-refractivity contribution in [2.45, 2.75) is 19.1 Å². The molecule has 0 spiro atoms. The molecule has 0 radical (unpaired) electrons. The first-order chi connectivity index (χ1) is 11.6. The highest BCUT2D eigenvalue weighted by molar-refractivity contribution is 14.0. The molecule has 1 aliphatic rings. The van der Waals surface area contributed by atoms with Crippen LogP contribution < -0.4 is 15.4 Å². The topological polar surface area (TPSA) is 58.1 Å². The number of guanidine groups is 1. The summed E-state index contributed by atoms with van der Waals surface area (Å²) in [7, 11) is 3.83. The van der Waals surface area contributed by atoms with Crippen molar-refractivity contribution < 1.29 is 13.9 Å². The lowest BCUT2D eigenvalue weighted by molar-refractivity contribution is -0.0161. The van der Waals surface area contributed by atoms with Gasteiger partial charge in [0, 0.05) is 26.7 Å². The highest BCUT2D eigenvalue weighted by Crippen LogP contribution is 2.12. The van der Waals surface area contributed by atoms with Crippen molar-refractivity contribution in [3.8, 4) is 5.75 Å². The van der Waals surface area contributed by atoms with Crippen LogP contribution in [0.1, 0.15) is 6.92 Å². The zero-order valence-electron chi connectivity index (χ0n) is 15.0. The van der Waals surface area contributed by atoms with Crippen molar-refractivity contribution in [2.24, 2.45) is 4.99 Å². The third kappa shape index (κ3) is 8.19. The molecule has 25 heavy (non-hydrogen) atoms. The zero-order valence-corrected chi connectivity index (χ0v) is 17.3. The van der Waals surface area contributed by atoms with E-state index in [1.54, 1.807) is 19.2 Å². The fourth-order valence-corrected chi connectivity index (χ4v) is 2.45. The molecule has 0 aliphatic carbocycles. The summed E-state index contributed by atoms with van der Waals surface area (Å²) in [5, 5.41) is 6.49. The number of ether oxygens (including phenoxy) is 2. The summed E-state index contributed by atoms with van der Waals surface area (Å²) in [6, 6.07) is 6.01. The first-order valence-corrected chi connectivity index (χ1v) is 8.23. The molecule has 2 N–H and O–H groups in total. The number of hydrogen-bond donors (Lipinski definition) is 2. The van der Waals surface area contributed by atoms with Crippen LogP contribution in [-0.2, 0) is 4.74 Å². The molecule has 2 unspecified atom stereocenters. The van der Waals surface area contributed by atoms with Crippen molar-refractivity contribution in [3.63, 3.8) is 0 Å². The number of aliphatic imine (C=N–C) groups is 1. The van der Waals surface area contributed by atoms with Gasteiger partial charge in [-0.3, -0.25) is 4.99 Å². The molecule has 8 heteroatoms. The van der Waals surface area contributed by atoms with Gasteiger partial charge in [0.05, 0.1) is 19.3 Å². The average molecular weight is 466 g/mol. The van der Waals surface area contributed by atoms with E-state index >= 15 is 0 Å². The van der Waals surface area contributed by atoms with E-state index in [1.165, 1.54) is 12.1 Å². The van der Waals surface area contributed by atoms with Crippen LogP contribution in [0.4, 0.5) is 4.39 Å². The number of nitrogens with zero attached hydrogens (tertiary/aromatic N) is 2. The van der Waals surface area contributed by atoms with E-state index in [0.29, 0.717) is 24.8 Å². The first kappa shape index (κ1) is 21.9. The third-order valence-corrected chi connectivity index (χ3v) is 3.77. The molecule has 142 valence electrons. The van der Waals surface area contributed by atoms with Gasteiger partial charge >= 0.3 is 0 Å². The van der Waals surface area contributed by atoms with Crippen molar-refractivity contribution in [1.29, 1.82) is 0 Å². The Morgan fingerprint density at radius 1 is 1.40 bits per heavy atom. The molecule has 0 amide bonds. The first-order valence-electron chi connectivity index (χ1n) is 8.23. The quantitative estimate of drug-likeness (QED) is 0.380. The lowest BCUT2D eigenvalue weighted by atomic mass is 10.3. The van der Waals surface area contributed by atoms with Gasteiger partial charge in [-0.05, 0) is 38.2 Å². The van der Waals surface area contributed by atoms with E-state index < -0.39 is 0 Å². The van der Waals surface area contributed by atoms with Gasteiger partial charge in [-0.1, -0.05) is 0 Å². The predicted molar refractivity (Wildman–Crippen MR) is 109 cm³/mol. The van der Waals surface area contributed by atoms with Gasteiger partial charge in [-0.25, -0.2) is 4.39 Å². The smallest absolute Gasteiger partial charge is 0.191 e. The minimum Gasteiger partial charge on any atom is -0.489 e. The van der Waals surface area contributed by atoms with E-state index in [4.69, 9.17) is 9.47 Å². The van der Waals surface area contributed by atoms with E-state index in [0.717, 1.165) is 19.7 Å². The van der Waals surface area contributed by atoms with Gasteiger partial charge < -0.3 is 25.0 Å². The molecule has 1 aromatic carbocycles. The third-order valence-electron chi connectivity index (χ3n) is 3.77. The Balaban J connectivity index is 0.00000312. The minimum absolute atomic E-state index is 0. The Morgan fingerprint density at radius 3 is 2.76 bits per heavy atom. The van der Waals surface area contributed by atoms with Crippen molar-refractivity contribution in [2.75, 3.05) is 46.9 Å². The maximum Gasteiger partial charge on any atom is 0.191 e. The summed E-state index contributed by atoms with van der Waals surface area (Å²) in [6.07, 6.45) is 0.0845. The Labute approximate surface area is 166 Å². The molecule has 0 bridgehead atoms. The number of rotatable bonds is 6. The van der Waals surface area contributed by atoms with Gasteiger partial charge in [0.1, 0.15) is 17.7 Å². The van der Waals surface area contributed by atoms with Gasteiger partial charge in [0.2, 0.25) is 0 Å². The maximum absolute atomic E-state index is 12.9. The summed E-state index contributed by atoms with van der Waals surface area (Å²) in [4.78, 5) is 6.46. The summed E-state index contributed by atoms with van der Waals surface area (Å²) in [6.45, 7) is 5.88. The molecule has 6 nitrogen and oxygen atoms in total. The Morgan fingerprint density at radius 2 is 2.12 bits per heavy atom. The van der Waals surface area contributed by atoms with Gasteiger partial charge in [0.15, 0.2) is 5.96 Å². The van der Waals surface area contributed by atoms with E-state index in [2.05, 4.69) is 27.6 Å². The monoisotopic (exact) mass is 466 g/mol. The summed E-state index contributed by atoms with van der Waals surface area (Å²) in [5.74, 6) is 1.09. The molecule has 1 fully saturated rings. The molecular formula is C17H28FIN4O2. The Bertz CT molecular complexity index is 530. The molecule has 1 heterocycles. The van der Waals surface area contributed by atoms with Gasteiger partial charge in [-0.2, -0.15) is 0 Å². The van der Waals surface area contributed by atoms with Crippen molar-refractivity contribution >= 4 is 29.9 Å². The van der Waals surface area contributed by atoms with Gasteiger partial charge in [-0.15, -0.1) is 24.0 Å². The van der Waals surface area contributed by atoms with Crippen LogP contribution in [0.5, 0.6) is 5.75 Å².